The number of nitrogen functional groups attached to an aromatic ring is 2. The zero-order chi connectivity index (χ0) is 73.2. The van der Waals surface area contributed by atoms with Crippen molar-refractivity contribution in [2.75, 3.05) is 29.5 Å². The first-order valence-corrected chi connectivity index (χ1v) is 36.2. The zero-order valence-corrected chi connectivity index (χ0v) is 59.0. The number of amides is 1. The van der Waals surface area contributed by atoms with Crippen molar-refractivity contribution in [2.24, 2.45) is 5.73 Å². The van der Waals surface area contributed by atoms with Gasteiger partial charge in [0.05, 0.1) is 45.8 Å². The summed E-state index contributed by atoms with van der Waals surface area (Å²) in [6, 6.07) is 31.7. The van der Waals surface area contributed by atoms with Crippen LogP contribution in [0.1, 0.15) is 132 Å². The minimum absolute atomic E-state index is 0.0599. The number of rotatable bonds is 28. The maximum absolute atomic E-state index is 13.3. The average Bonchev–Trinajstić information content (AvgIpc) is 1.59. The first kappa shape index (κ1) is 73.0. The van der Waals surface area contributed by atoms with Crippen LogP contribution in [-0.4, -0.2) is 117 Å². The molecular formula is C74H79N16O11S2+. The lowest BCUT2D eigenvalue weighted by Gasteiger charge is -2.30. The molecule has 0 saturated heterocycles. The fourth-order valence-corrected chi connectivity index (χ4v) is 13.8. The molecule has 0 radical (unpaired) electrons. The third-order valence-electron chi connectivity index (χ3n) is 18.2. The molecule has 2 aliphatic heterocycles. The summed E-state index contributed by atoms with van der Waals surface area (Å²) < 4.78 is 82.2. The Morgan fingerprint density at radius 2 is 1.16 bits per heavy atom. The Labute approximate surface area is 595 Å². The Kier molecular flexibility index (Phi) is 22.2. The smallest absolute Gasteiger partial charge is 0.294 e. The van der Waals surface area contributed by atoms with Gasteiger partial charge in [-0.2, -0.15) is 41.3 Å². The van der Waals surface area contributed by atoms with Gasteiger partial charge in [0.15, 0.2) is 28.6 Å². The largest absolute Gasteiger partial charge is 0.471 e. The van der Waals surface area contributed by atoms with E-state index in [0.29, 0.717) is 121 Å². The Bertz CT molecular complexity index is 5210. The summed E-state index contributed by atoms with van der Waals surface area (Å²) in [7, 11) is -8.90. The summed E-state index contributed by atoms with van der Waals surface area (Å²) in [5.41, 5.74) is 29.0. The molecule has 29 heteroatoms. The number of fused-ring (bicyclic) bond motifs is 4. The van der Waals surface area contributed by atoms with Gasteiger partial charge in [0.1, 0.15) is 30.8 Å². The number of anilines is 3. The van der Waals surface area contributed by atoms with Crippen LogP contribution in [0.5, 0.6) is 11.8 Å². The number of pyridine rings is 2. The lowest BCUT2D eigenvalue weighted by molar-refractivity contribution is -0.433. The fraction of sp³-hybridized carbons (Fsp3) is 0.270. The number of allylic oxidation sites excluding steroid dienone is 6. The van der Waals surface area contributed by atoms with Crippen molar-refractivity contribution >= 4 is 89.0 Å². The number of aryl methyl sites for hydroxylation is 2. The van der Waals surface area contributed by atoms with E-state index in [1.807, 2.05) is 114 Å². The molecule has 12 rings (SSSR count). The molecule has 11 N–H and O–H groups in total. The number of ether oxygens (including phenoxy) is 2. The molecule has 103 heavy (non-hydrogen) atoms. The number of benzene rings is 4. The number of likely N-dealkylation sites (N-methyl/N-ethyl adjacent to an activating group) is 1. The lowest BCUT2D eigenvalue weighted by Crippen LogP contribution is -2.29. The molecule has 0 saturated carbocycles. The van der Waals surface area contributed by atoms with Crippen LogP contribution in [0, 0.1) is 0 Å². The first-order valence-electron chi connectivity index (χ1n) is 33.3. The van der Waals surface area contributed by atoms with Gasteiger partial charge in [0, 0.05) is 90.4 Å². The molecule has 8 heterocycles. The number of aromatic amines is 2. The number of ketones is 2. The highest BCUT2D eigenvalue weighted by molar-refractivity contribution is 7.86. The molecule has 1 atom stereocenters. The van der Waals surface area contributed by atoms with Crippen LogP contribution in [0.3, 0.4) is 0 Å². The zero-order valence-electron chi connectivity index (χ0n) is 57.4. The second-order valence-corrected chi connectivity index (χ2v) is 28.2. The van der Waals surface area contributed by atoms with E-state index in [-0.39, 0.29) is 65.2 Å². The first-order chi connectivity index (χ1) is 49.3. The van der Waals surface area contributed by atoms with Crippen molar-refractivity contribution in [3.63, 3.8) is 0 Å². The van der Waals surface area contributed by atoms with Gasteiger partial charge in [-0.3, -0.25) is 33.5 Å². The van der Waals surface area contributed by atoms with Crippen LogP contribution in [0.25, 0.3) is 22.3 Å². The molecule has 10 aromatic rings. The van der Waals surface area contributed by atoms with Gasteiger partial charge in [-0.25, -0.2) is 9.97 Å². The normalized spacial score (nSPS) is 15.3. The van der Waals surface area contributed by atoms with Gasteiger partial charge < -0.3 is 46.9 Å². The summed E-state index contributed by atoms with van der Waals surface area (Å²) in [4.78, 5) is 79.7. The Morgan fingerprint density at radius 1 is 0.631 bits per heavy atom. The molecule has 6 aromatic heterocycles. The summed E-state index contributed by atoms with van der Waals surface area (Å²) in [6.07, 6.45) is 18.7. The maximum atomic E-state index is 13.3. The topological polar surface area (TPSA) is 409 Å². The number of H-pyrrole nitrogens is 2. The predicted octanol–water partition coefficient (Wildman–Crippen LogP) is 10.1. The van der Waals surface area contributed by atoms with E-state index in [9.17, 15) is 40.3 Å². The third-order valence-corrected chi connectivity index (χ3v) is 19.9. The molecule has 27 nitrogen and oxygen atoms in total. The van der Waals surface area contributed by atoms with E-state index in [1.54, 1.807) is 48.8 Å². The minimum atomic E-state index is -4.51. The second kappa shape index (κ2) is 31.3. The molecule has 1 unspecified atom stereocenters. The highest BCUT2D eigenvalue weighted by atomic mass is 32.2. The number of nitrogens with two attached hydrogens (primary N) is 3. The van der Waals surface area contributed by atoms with Crippen molar-refractivity contribution < 1.29 is 54.4 Å². The Balaban J connectivity index is 0.000000294. The van der Waals surface area contributed by atoms with Crippen LogP contribution in [0.2, 0.25) is 0 Å². The van der Waals surface area contributed by atoms with Crippen LogP contribution < -0.4 is 36.9 Å². The third kappa shape index (κ3) is 17.1. The van der Waals surface area contributed by atoms with E-state index in [0.717, 1.165) is 50.6 Å². The van der Waals surface area contributed by atoms with Gasteiger partial charge in [-0.05, 0) is 149 Å². The predicted molar refractivity (Wildman–Crippen MR) is 389 cm³/mol. The van der Waals surface area contributed by atoms with E-state index in [2.05, 4.69) is 64.6 Å². The van der Waals surface area contributed by atoms with E-state index in [4.69, 9.17) is 26.7 Å². The van der Waals surface area contributed by atoms with Crippen molar-refractivity contribution in [3.05, 3.63) is 226 Å². The standard InChI is InChI=1S/C53H57N9O9S2.C21H21N7O2/c1-6-61-42-22-20-38(72(65,66)67)29-40(42)52(3,4)45(61)12-9-8-10-13-46-53(5,41-30-39(73(68,69)70)21-23-43(41)62(46)7-2)26-11-14-47(64)56-31-37-28-36(25-27-55-37)44(63)24-19-34-15-17-35(18-16-34)32-71-50-48-49(58-33-57-48)59-51(54)60-50;22-10-16-9-15(7-8-24-16)17(29)6-5-13-1-3-14(4-2-13)11-30-20-18-19(26-12-25-18)27-21(23)28-20/h8-10,12-13,15-18,20-23,25,27-30,33H,6-7,11,14,19,24,26,31-32H2,1-5H3,(H5-,54,55,56,57,58,59,60,63,64,65,66,67,68,69,70);1-4,7-9,12H,5-6,10-11,22H2,(H3,23,25,26,27,28)/p+1. The molecule has 0 spiro atoms. The number of nitrogens with one attached hydrogen (secondary N) is 3. The van der Waals surface area contributed by atoms with Crippen LogP contribution in [0.15, 0.2) is 180 Å². The Morgan fingerprint density at radius 3 is 1.69 bits per heavy atom. The number of hydrogen-bond acceptors (Lipinski definition) is 21. The Hall–Kier alpha value is -11.2. The molecule has 0 aliphatic carbocycles. The van der Waals surface area contributed by atoms with Gasteiger partial charge in [-0.1, -0.05) is 66.8 Å². The van der Waals surface area contributed by atoms with E-state index >= 15 is 0 Å². The maximum Gasteiger partial charge on any atom is 0.294 e. The highest BCUT2D eigenvalue weighted by Crippen LogP contribution is 2.51. The van der Waals surface area contributed by atoms with E-state index < -0.39 is 31.1 Å². The van der Waals surface area contributed by atoms with Gasteiger partial charge in [0.2, 0.25) is 35.3 Å². The number of Topliss-reactive ketones (excluding diaryl/α,β-unsaturated/α-hetero) is 2. The number of hydrogen-bond donors (Lipinski definition) is 8. The number of nitrogens with zero attached hydrogens (tertiary/aromatic N) is 10. The molecule has 0 fully saturated rings. The number of aromatic nitrogens is 10. The fourth-order valence-electron chi connectivity index (χ4n) is 12.8. The monoisotopic (exact) mass is 1430 g/mol. The number of carbonyl (C=O) groups excluding carboxylic acids is 3. The summed E-state index contributed by atoms with van der Waals surface area (Å²) in [5.74, 6) is 0.634. The van der Waals surface area contributed by atoms with Crippen molar-refractivity contribution in [1.82, 2.24) is 55.2 Å². The molecular weight excluding hydrogens is 1350 g/mol. The number of carbonyl (C=O) groups is 3. The minimum Gasteiger partial charge on any atom is -0.471 e. The molecule has 4 aromatic carbocycles. The summed E-state index contributed by atoms with van der Waals surface area (Å²) in [5, 5.41) is 2.94. The average molecular weight is 1430 g/mol. The molecule has 1 amide bonds. The summed E-state index contributed by atoms with van der Waals surface area (Å²) in [6.45, 7) is 12.2. The van der Waals surface area contributed by atoms with Crippen molar-refractivity contribution in [1.29, 1.82) is 0 Å². The number of imidazole rings is 2. The summed E-state index contributed by atoms with van der Waals surface area (Å²) >= 11 is 0. The van der Waals surface area contributed by atoms with Crippen LogP contribution in [0.4, 0.5) is 23.3 Å². The molecule has 2 aliphatic rings. The SMILES string of the molecule is CCN1/C(=C/C=C/C=C/C2=[N+](CC)c3ccc(S(=O)(=O)O)cc3C2(C)C)C(C)(CCCC(=O)NCc2cc(C(=O)CCc3ccc(COc4nc(N)nc5nc[nH]c45)cc3)ccn2)c2cc(S(=O)(=O)O)ccc21.NCc1cc(C(=O)CCc2ccc(COc3nc(N)nc4nc[nH]c34)cc2)ccn1. The van der Waals surface area contributed by atoms with Crippen LogP contribution >= 0.6 is 0 Å². The van der Waals surface area contributed by atoms with Gasteiger partial charge in [-0.15, -0.1) is 0 Å². The quantitative estimate of drug-likeness (QED) is 0.00977. The van der Waals surface area contributed by atoms with E-state index in [1.165, 1.54) is 36.9 Å². The highest BCUT2D eigenvalue weighted by Gasteiger charge is 2.45. The van der Waals surface area contributed by atoms with Gasteiger partial charge in [0.25, 0.3) is 20.2 Å². The van der Waals surface area contributed by atoms with Crippen molar-refractivity contribution in [2.45, 2.75) is 126 Å². The molecule has 532 valence electrons. The lowest BCUT2D eigenvalue weighted by atomic mass is 9.77. The molecule has 0 bridgehead atoms. The second-order valence-electron chi connectivity index (χ2n) is 25.4. The van der Waals surface area contributed by atoms with Gasteiger partial charge >= 0.3 is 0 Å². The van der Waals surface area contributed by atoms with Crippen LogP contribution in [-0.2, 0) is 75.0 Å². The van der Waals surface area contributed by atoms with Crippen molar-refractivity contribution in [3.8, 4) is 11.8 Å².